The SMILES string of the molecule is CCN(CC)CCSc1ccc(CNC(C)(C)C)cc1F. The Labute approximate surface area is 133 Å². The van der Waals surface area contributed by atoms with Gasteiger partial charge in [0.1, 0.15) is 5.82 Å². The molecule has 0 saturated carbocycles. The van der Waals surface area contributed by atoms with Gasteiger partial charge in [-0.25, -0.2) is 4.39 Å². The van der Waals surface area contributed by atoms with Crippen LogP contribution in [-0.2, 0) is 6.54 Å². The van der Waals surface area contributed by atoms with E-state index in [-0.39, 0.29) is 11.4 Å². The van der Waals surface area contributed by atoms with E-state index in [0.29, 0.717) is 6.54 Å². The van der Waals surface area contributed by atoms with Gasteiger partial charge >= 0.3 is 0 Å². The summed E-state index contributed by atoms with van der Waals surface area (Å²) in [7, 11) is 0. The molecular weight excluding hydrogens is 283 g/mol. The van der Waals surface area contributed by atoms with Crippen molar-refractivity contribution in [2.24, 2.45) is 0 Å². The summed E-state index contributed by atoms with van der Waals surface area (Å²) >= 11 is 1.60. The number of rotatable bonds is 8. The second-order valence-corrected chi connectivity index (χ2v) is 7.38. The summed E-state index contributed by atoms with van der Waals surface area (Å²) in [5.41, 5.74) is 1.05. The first-order valence-electron chi connectivity index (χ1n) is 7.74. The number of nitrogens with one attached hydrogen (secondary N) is 1. The maximum Gasteiger partial charge on any atom is 0.137 e. The minimum atomic E-state index is -0.104. The van der Waals surface area contributed by atoms with Crippen molar-refractivity contribution in [2.75, 3.05) is 25.4 Å². The molecule has 0 atom stereocenters. The number of hydrogen-bond donors (Lipinski definition) is 1. The molecule has 120 valence electrons. The molecule has 21 heavy (non-hydrogen) atoms. The van der Waals surface area contributed by atoms with E-state index in [1.807, 2.05) is 12.1 Å². The van der Waals surface area contributed by atoms with E-state index >= 15 is 0 Å². The molecule has 0 aliphatic heterocycles. The summed E-state index contributed by atoms with van der Waals surface area (Å²) in [6.07, 6.45) is 0. The lowest BCUT2D eigenvalue weighted by molar-refractivity contribution is 0.324. The molecule has 2 nitrogen and oxygen atoms in total. The highest BCUT2D eigenvalue weighted by atomic mass is 32.2. The van der Waals surface area contributed by atoms with Crippen molar-refractivity contribution in [3.63, 3.8) is 0 Å². The van der Waals surface area contributed by atoms with Crippen molar-refractivity contribution in [1.29, 1.82) is 0 Å². The third kappa shape index (κ3) is 7.30. The molecule has 0 aliphatic rings. The lowest BCUT2D eigenvalue weighted by Crippen LogP contribution is -2.35. The Balaban J connectivity index is 2.50. The molecule has 0 fully saturated rings. The van der Waals surface area contributed by atoms with Crippen LogP contribution in [0.1, 0.15) is 40.2 Å². The standard InChI is InChI=1S/C17H29FN2S/c1-6-20(7-2)10-11-21-16-9-8-14(12-15(16)18)13-19-17(3,4)5/h8-9,12,19H,6-7,10-11,13H2,1-5H3. The number of benzene rings is 1. The average Bonchev–Trinajstić information content (AvgIpc) is 2.42. The van der Waals surface area contributed by atoms with E-state index in [0.717, 1.165) is 35.8 Å². The highest BCUT2D eigenvalue weighted by molar-refractivity contribution is 7.99. The van der Waals surface area contributed by atoms with Crippen molar-refractivity contribution in [1.82, 2.24) is 10.2 Å². The highest BCUT2D eigenvalue weighted by Gasteiger charge is 2.10. The zero-order valence-electron chi connectivity index (χ0n) is 14.0. The van der Waals surface area contributed by atoms with E-state index in [1.54, 1.807) is 17.8 Å². The van der Waals surface area contributed by atoms with Crippen LogP contribution in [-0.4, -0.2) is 35.8 Å². The molecule has 1 rings (SSSR count). The smallest absolute Gasteiger partial charge is 0.137 e. The topological polar surface area (TPSA) is 15.3 Å². The van der Waals surface area contributed by atoms with Gasteiger partial charge in [0.25, 0.3) is 0 Å². The number of thioether (sulfide) groups is 1. The molecule has 1 aromatic carbocycles. The van der Waals surface area contributed by atoms with Crippen LogP contribution in [0.2, 0.25) is 0 Å². The monoisotopic (exact) mass is 312 g/mol. The minimum absolute atomic E-state index is 0.0493. The summed E-state index contributed by atoms with van der Waals surface area (Å²) in [6.45, 7) is 14.5. The average molecular weight is 312 g/mol. The molecule has 0 spiro atoms. The first-order chi connectivity index (χ1) is 9.85. The Bertz CT molecular complexity index is 425. The minimum Gasteiger partial charge on any atom is -0.308 e. The van der Waals surface area contributed by atoms with Gasteiger partial charge in [0.15, 0.2) is 0 Å². The zero-order valence-corrected chi connectivity index (χ0v) is 14.8. The van der Waals surface area contributed by atoms with Crippen LogP contribution in [0.4, 0.5) is 4.39 Å². The second kappa shape index (κ2) is 8.76. The predicted octanol–water partition coefficient (Wildman–Crippen LogP) is 4.15. The van der Waals surface area contributed by atoms with E-state index in [1.165, 1.54) is 0 Å². The van der Waals surface area contributed by atoms with Gasteiger partial charge in [0.05, 0.1) is 0 Å². The van der Waals surface area contributed by atoms with E-state index in [9.17, 15) is 4.39 Å². The fourth-order valence-corrected chi connectivity index (χ4v) is 2.89. The van der Waals surface area contributed by atoms with Gasteiger partial charge in [-0.1, -0.05) is 19.9 Å². The first-order valence-corrected chi connectivity index (χ1v) is 8.73. The Hall–Kier alpha value is -0.580. The zero-order chi connectivity index (χ0) is 15.9. The van der Waals surface area contributed by atoms with Crippen LogP contribution < -0.4 is 5.32 Å². The van der Waals surface area contributed by atoms with Crippen molar-refractivity contribution >= 4 is 11.8 Å². The molecular formula is C17H29FN2S. The van der Waals surface area contributed by atoms with Gasteiger partial charge in [0.2, 0.25) is 0 Å². The molecule has 0 bridgehead atoms. The van der Waals surface area contributed by atoms with Crippen molar-refractivity contribution < 1.29 is 4.39 Å². The molecule has 1 N–H and O–H groups in total. The Morgan fingerprint density at radius 2 is 1.86 bits per heavy atom. The maximum atomic E-state index is 14.1. The second-order valence-electron chi connectivity index (χ2n) is 6.24. The van der Waals surface area contributed by atoms with Gasteiger partial charge in [-0.3, -0.25) is 0 Å². The molecule has 0 amide bonds. The van der Waals surface area contributed by atoms with Crippen LogP contribution in [0.5, 0.6) is 0 Å². The van der Waals surface area contributed by atoms with E-state index in [2.05, 4.69) is 44.8 Å². The third-order valence-corrected chi connectivity index (χ3v) is 4.41. The lowest BCUT2D eigenvalue weighted by Gasteiger charge is -2.20. The van der Waals surface area contributed by atoms with Crippen LogP contribution in [0.15, 0.2) is 23.1 Å². The van der Waals surface area contributed by atoms with Gasteiger partial charge < -0.3 is 10.2 Å². The molecule has 0 unspecified atom stereocenters. The fourth-order valence-electron chi connectivity index (χ4n) is 1.96. The molecule has 0 aliphatic carbocycles. The quantitative estimate of drug-likeness (QED) is 0.726. The van der Waals surface area contributed by atoms with Crippen LogP contribution in [0.3, 0.4) is 0 Å². The Kier molecular flexibility index (Phi) is 7.71. The predicted molar refractivity (Wildman–Crippen MR) is 91.5 cm³/mol. The highest BCUT2D eigenvalue weighted by Crippen LogP contribution is 2.23. The summed E-state index contributed by atoms with van der Waals surface area (Å²) in [4.78, 5) is 3.11. The maximum absolute atomic E-state index is 14.1. The molecule has 0 aromatic heterocycles. The fraction of sp³-hybridized carbons (Fsp3) is 0.647. The molecule has 4 heteroatoms. The normalized spacial score (nSPS) is 12.1. The summed E-state index contributed by atoms with van der Waals surface area (Å²) < 4.78 is 14.1. The molecule has 1 aromatic rings. The summed E-state index contributed by atoms with van der Waals surface area (Å²) in [6, 6.07) is 5.57. The summed E-state index contributed by atoms with van der Waals surface area (Å²) in [5.74, 6) is 0.825. The van der Waals surface area contributed by atoms with Crippen molar-refractivity contribution in [3.8, 4) is 0 Å². The van der Waals surface area contributed by atoms with Crippen molar-refractivity contribution in [2.45, 2.75) is 51.6 Å². The first kappa shape index (κ1) is 18.5. The number of nitrogens with zero attached hydrogens (tertiary/aromatic N) is 1. The molecule has 0 radical (unpaired) electrons. The van der Waals surface area contributed by atoms with Gasteiger partial charge in [-0.15, -0.1) is 11.8 Å². The van der Waals surface area contributed by atoms with Crippen molar-refractivity contribution in [3.05, 3.63) is 29.6 Å². The molecule has 0 heterocycles. The number of halogens is 1. The Morgan fingerprint density at radius 3 is 2.38 bits per heavy atom. The van der Waals surface area contributed by atoms with E-state index < -0.39 is 0 Å². The third-order valence-electron chi connectivity index (χ3n) is 3.38. The molecule has 0 saturated heterocycles. The lowest BCUT2D eigenvalue weighted by atomic mass is 10.1. The van der Waals surface area contributed by atoms with Gasteiger partial charge in [-0.2, -0.15) is 0 Å². The number of hydrogen-bond acceptors (Lipinski definition) is 3. The van der Waals surface area contributed by atoms with Gasteiger partial charge in [-0.05, 0) is 51.6 Å². The van der Waals surface area contributed by atoms with Gasteiger partial charge in [0, 0.05) is 29.3 Å². The Morgan fingerprint density at radius 1 is 1.19 bits per heavy atom. The largest absolute Gasteiger partial charge is 0.308 e. The van der Waals surface area contributed by atoms with Crippen LogP contribution in [0, 0.1) is 5.82 Å². The van der Waals surface area contributed by atoms with Crippen LogP contribution >= 0.6 is 11.8 Å². The van der Waals surface area contributed by atoms with Crippen LogP contribution in [0.25, 0.3) is 0 Å². The van der Waals surface area contributed by atoms with E-state index in [4.69, 9.17) is 0 Å². The summed E-state index contributed by atoms with van der Waals surface area (Å²) in [5, 5.41) is 3.38.